The highest BCUT2D eigenvalue weighted by molar-refractivity contribution is 7.97. The first-order valence-electron chi connectivity index (χ1n) is 1.98. The fraction of sp³-hybridized carbons (Fsp3) is 0.750. The van der Waals surface area contributed by atoms with Crippen molar-refractivity contribution < 1.29 is 0 Å². The van der Waals surface area contributed by atoms with Gasteiger partial charge in [-0.3, -0.25) is 0 Å². The minimum absolute atomic E-state index is 1.36. The zero-order chi connectivity index (χ0) is 3.54. The summed E-state index contributed by atoms with van der Waals surface area (Å²) in [6.45, 7) is 0. The molecule has 0 saturated heterocycles. The largest absolute Gasteiger partial charge is 0.204 e. The molecule has 0 saturated carbocycles. The van der Waals surface area contributed by atoms with Gasteiger partial charge in [0.05, 0.1) is 0 Å². The molecule has 1 rings (SSSR count). The van der Waals surface area contributed by atoms with Crippen LogP contribution in [0.4, 0.5) is 0 Å². The van der Waals surface area contributed by atoms with Gasteiger partial charge < -0.3 is 0 Å². The standard InChI is InChI=1S/C4H8S/c1-2-4-5-3-1/h3,5H,1-2,4H2. The summed E-state index contributed by atoms with van der Waals surface area (Å²) in [5.41, 5.74) is 0. The van der Waals surface area contributed by atoms with Crippen molar-refractivity contribution in [2.75, 3.05) is 5.75 Å². The van der Waals surface area contributed by atoms with Crippen LogP contribution in [0.15, 0.2) is 0 Å². The van der Waals surface area contributed by atoms with Crippen molar-refractivity contribution in [3.8, 4) is 0 Å². The zero-order valence-corrected chi connectivity index (χ0v) is 4.04. The summed E-state index contributed by atoms with van der Waals surface area (Å²) < 4.78 is 0. The van der Waals surface area contributed by atoms with Gasteiger partial charge in [-0.2, -0.15) is 0 Å². The van der Waals surface area contributed by atoms with Crippen LogP contribution in [0.5, 0.6) is 0 Å². The van der Waals surface area contributed by atoms with Gasteiger partial charge in [0.15, 0.2) is 0 Å². The Kier molecular flexibility index (Phi) is 1.10. The third kappa shape index (κ3) is 0.763. The van der Waals surface area contributed by atoms with E-state index in [0.717, 1.165) is 0 Å². The van der Waals surface area contributed by atoms with Gasteiger partial charge in [0, 0.05) is 0 Å². The van der Waals surface area contributed by atoms with Crippen molar-refractivity contribution in [2.45, 2.75) is 12.8 Å². The second-order valence-corrected chi connectivity index (χ2v) is 2.41. The molecule has 0 aromatic rings. The maximum absolute atomic E-state index is 2.33. The van der Waals surface area contributed by atoms with Gasteiger partial charge in [-0.1, -0.05) is 5.37 Å². The smallest absolute Gasteiger partial charge is 0.0145 e. The van der Waals surface area contributed by atoms with E-state index in [2.05, 4.69) is 5.37 Å². The molecule has 0 aromatic carbocycles. The summed E-state index contributed by atoms with van der Waals surface area (Å²) >= 11 is 1.57. The molecule has 1 aliphatic heterocycles. The maximum atomic E-state index is 2.33. The molecular formula is C4H8S. The molecule has 0 radical (unpaired) electrons. The topological polar surface area (TPSA) is 0 Å². The normalized spacial score (nSPS) is 22.4. The lowest BCUT2D eigenvalue weighted by Gasteiger charge is -1.68. The number of thiol groups is 1. The van der Waals surface area contributed by atoms with Crippen LogP contribution < -0.4 is 0 Å². The van der Waals surface area contributed by atoms with Crippen molar-refractivity contribution in [1.82, 2.24) is 0 Å². The summed E-state index contributed by atoms with van der Waals surface area (Å²) in [4.78, 5) is 0. The quantitative estimate of drug-likeness (QED) is 0.332. The Hall–Kier alpha value is 0.220. The van der Waals surface area contributed by atoms with Crippen LogP contribution in [0.25, 0.3) is 0 Å². The number of hydrogen-bond acceptors (Lipinski definition) is 0. The lowest BCUT2D eigenvalue weighted by Crippen LogP contribution is -1.61. The molecule has 0 aliphatic carbocycles. The van der Waals surface area contributed by atoms with Gasteiger partial charge >= 0.3 is 0 Å². The molecule has 0 atom stereocenters. The molecular weight excluding hydrogens is 80.1 g/mol. The van der Waals surface area contributed by atoms with Gasteiger partial charge in [0.1, 0.15) is 0 Å². The fourth-order valence-electron chi connectivity index (χ4n) is 0.456. The summed E-state index contributed by atoms with van der Waals surface area (Å²) in [5.74, 6) is 1.42. The molecule has 0 bridgehead atoms. The molecule has 30 valence electrons. The van der Waals surface area contributed by atoms with Crippen LogP contribution in [-0.2, 0) is 0 Å². The minimum atomic E-state index is 1.36. The molecule has 5 heavy (non-hydrogen) atoms. The fourth-order valence-corrected chi connectivity index (χ4v) is 1.37. The van der Waals surface area contributed by atoms with Crippen LogP contribution >= 0.6 is 11.4 Å². The second kappa shape index (κ2) is 1.61. The van der Waals surface area contributed by atoms with Gasteiger partial charge in [0.2, 0.25) is 0 Å². The molecule has 0 nitrogen and oxygen atoms in total. The lowest BCUT2D eigenvalue weighted by molar-refractivity contribution is 1.05. The van der Waals surface area contributed by atoms with E-state index in [9.17, 15) is 0 Å². The van der Waals surface area contributed by atoms with Crippen LogP contribution in [0.2, 0.25) is 0 Å². The molecule has 0 aromatic heterocycles. The maximum Gasteiger partial charge on any atom is -0.0145 e. The lowest BCUT2D eigenvalue weighted by atomic mass is 10.4. The Morgan fingerprint density at radius 2 is 2.60 bits per heavy atom. The Bertz CT molecular complexity index is 41.6. The van der Waals surface area contributed by atoms with Gasteiger partial charge in [-0.05, 0) is 18.6 Å². The summed E-state index contributed by atoms with van der Waals surface area (Å²) in [6, 6.07) is 0. The van der Waals surface area contributed by atoms with Crippen molar-refractivity contribution in [2.24, 2.45) is 0 Å². The molecule has 1 aliphatic rings. The first-order valence-corrected chi connectivity index (χ1v) is 3.13. The van der Waals surface area contributed by atoms with Crippen molar-refractivity contribution in [3.63, 3.8) is 0 Å². The van der Waals surface area contributed by atoms with Crippen LogP contribution in [0.3, 0.4) is 0 Å². The van der Waals surface area contributed by atoms with Crippen LogP contribution in [-0.4, -0.2) is 11.1 Å². The van der Waals surface area contributed by atoms with Crippen LogP contribution in [0, 0.1) is 0 Å². The molecule has 0 fully saturated rings. The first-order chi connectivity index (χ1) is 2.50. The Morgan fingerprint density at radius 3 is 2.80 bits per heavy atom. The predicted octanol–water partition coefficient (Wildman–Crippen LogP) is 1.05. The van der Waals surface area contributed by atoms with E-state index in [1.165, 1.54) is 18.6 Å². The van der Waals surface area contributed by atoms with E-state index in [1.54, 1.807) is 11.4 Å². The highest BCUT2D eigenvalue weighted by atomic mass is 32.1. The van der Waals surface area contributed by atoms with Gasteiger partial charge in [-0.15, -0.1) is 0 Å². The molecule has 1 heteroatoms. The highest BCUT2D eigenvalue weighted by Gasteiger charge is 1.84. The summed E-state index contributed by atoms with van der Waals surface area (Å²) in [7, 11) is 0. The number of hydrogen-bond donors (Lipinski definition) is 1. The van der Waals surface area contributed by atoms with E-state index in [4.69, 9.17) is 0 Å². The second-order valence-electron chi connectivity index (χ2n) is 1.23. The van der Waals surface area contributed by atoms with Gasteiger partial charge in [-0.25, -0.2) is 11.4 Å². The number of rotatable bonds is 0. The molecule has 0 spiro atoms. The minimum Gasteiger partial charge on any atom is -0.204 e. The highest BCUT2D eigenvalue weighted by Crippen LogP contribution is 2.01. The van der Waals surface area contributed by atoms with Crippen molar-refractivity contribution >= 4 is 16.7 Å². The van der Waals surface area contributed by atoms with E-state index < -0.39 is 0 Å². The Morgan fingerprint density at radius 1 is 1.60 bits per heavy atom. The zero-order valence-electron chi connectivity index (χ0n) is 3.15. The average Bonchev–Trinajstić information content (AvgIpc) is 1.76. The van der Waals surface area contributed by atoms with Crippen molar-refractivity contribution in [3.05, 3.63) is 0 Å². The van der Waals surface area contributed by atoms with E-state index >= 15 is 0 Å². The Labute approximate surface area is 36.2 Å². The monoisotopic (exact) mass is 88.0 g/mol. The summed E-state index contributed by atoms with van der Waals surface area (Å²) in [5, 5.41) is 2.33. The third-order valence-corrected chi connectivity index (χ3v) is 1.84. The Balaban J connectivity index is 2.32. The SMILES string of the molecule is C1=[SH]CCC1. The predicted molar refractivity (Wildman–Crippen MR) is 29.2 cm³/mol. The molecule has 1 heterocycles. The molecule has 0 amide bonds. The van der Waals surface area contributed by atoms with Gasteiger partial charge in [0.25, 0.3) is 0 Å². The third-order valence-electron chi connectivity index (χ3n) is 0.750. The average molecular weight is 88.2 g/mol. The molecule has 0 N–H and O–H groups in total. The van der Waals surface area contributed by atoms with E-state index in [0.29, 0.717) is 0 Å². The van der Waals surface area contributed by atoms with Crippen molar-refractivity contribution in [1.29, 1.82) is 0 Å². The first kappa shape index (κ1) is 3.41. The summed E-state index contributed by atoms with van der Waals surface area (Å²) in [6.07, 6.45) is 2.79. The van der Waals surface area contributed by atoms with Crippen LogP contribution in [0.1, 0.15) is 12.8 Å². The molecule has 0 unspecified atom stereocenters. The van der Waals surface area contributed by atoms with E-state index in [1.807, 2.05) is 0 Å². The van der Waals surface area contributed by atoms with E-state index in [-0.39, 0.29) is 0 Å².